The molecule has 0 fully saturated rings. The van der Waals surface area contributed by atoms with Gasteiger partial charge in [-0.2, -0.15) is 5.26 Å². The molecule has 0 amide bonds. The van der Waals surface area contributed by atoms with Crippen LogP contribution in [0.3, 0.4) is 0 Å². The molecular formula is C9H5BrFN5. The second-order valence-corrected chi connectivity index (χ2v) is 3.86. The van der Waals surface area contributed by atoms with Gasteiger partial charge in [-0.05, 0) is 22.0 Å². The Morgan fingerprint density at radius 3 is 3.06 bits per heavy atom. The number of halogens is 2. The van der Waals surface area contributed by atoms with E-state index < -0.39 is 5.82 Å². The van der Waals surface area contributed by atoms with Crippen LogP contribution >= 0.6 is 15.9 Å². The van der Waals surface area contributed by atoms with Gasteiger partial charge in [-0.1, -0.05) is 5.21 Å². The van der Waals surface area contributed by atoms with Crippen LogP contribution in [0.25, 0.3) is 11.4 Å². The maximum atomic E-state index is 13.5. The van der Waals surface area contributed by atoms with Gasteiger partial charge < -0.3 is 0 Å². The number of hydrogen-bond donors (Lipinski definition) is 0. The molecule has 2 aromatic heterocycles. The fourth-order valence-corrected chi connectivity index (χ4v) is 1.46. The van der Waals surface area contributed by atoms with Crippen molar-refractivity contribution in [3.8, 4) is 17.5 Å². The minimum absolute atomic E-state index is 0.0746. The van der Waals surface area contributed by atoms with Gasteiger partial charge in [-0.3, -0.25) is 4.98 Å². The predicted octanol–water partition coefficient (Wildman–Crippen LogP) is 1.77. The van der Waals surface area contributed by atoms with Gasteiger partial charge in [0.1, 0.15) is 17.9 Å². The minimum Gasteiger partial charge on any atom is -0.250 e. The van der Waals surface area contributed by atoms with Crippen molar-refractivity contribution in [1.29, 1.82) is 5.26 Å². The number of nitriles is 1. The maximum absolute atomic E-state index is 13.5. The van der Waals surface area contributed by atoms with Crippen molar-refractivity contribution < 1.29 is 4.39 Å². The molecule has 2 rings (SSSR count). The Hall–Kier alpha value is -1.81. The first-order valence-corrected chi connectivity index (χ1v) is 5.08. The van der Waals surface area contributed by atoms with Gasteiger partial charge >= 0.3 is 0 Å². The summed E-state index contributed by atoms with van der Waals surface area (Å²) in [5.74, 6) is -0.488. The monoisotopic (exact) mass is 281 g/mol. The molecule has 0 radical (unpaired) electrons. The van der Waals surface area contributed by atoms with Crippen LogP contribution in [0, 0.1) is 17.1 Å². The Balaban J connectivity index is 2.39. The topological polar surface area (TPSA) is 67.4 Å². The average Bonchev–Trinajstić information content (AvgIpc) is 2.67. The Morgan fingerprint density at radius 2 is 2.38 bits per heavy atom. The van der Waals surface area contributed by atoms with E-state index in [1.165, 1.54) is 23.1 Å². The molecule has 0 aliphatic carbocycles. The molecule has 0 unspecified atom stereocenters. The van der Waals surface area contributed by atoms with Crippen LogP contribution in [-0.4, -0.2) is 20.0 Å². The number of rotatable bonds is 2. The molecule has 5 nitrogen and oxygen atoms in total. The SMILES string of the molecule is N#CCn1cc(-c2ncc(Br)cc2F)nn1. The van der Waals surface area contributed by atoms with Gasteiger partial charge in [0.15, 0.2) is 5.82 Å². The summed E-state index contributed by atoms with van der Waals surface area (Å²) in [6, 6.07) is 3.21. The highest BCUT2D eigenvalue weighted by Gasteiger charge is 2.11. The zero-order chi connectivity index (χ0) is 11.5. The summed E-state index contributed by atoms with van der Waals surface area (Å²) >= 11 is 3.11. The molecule has 80 valence electrons. The van der Waals surface area contributed by atoms with Gasteiger partial charge in [0, 0.05) is 10.7 Å². The molecule has 0 N–H and O–H groups in total. The number of hydrogen-bond acceptors (Lipinski definition) is 4. The molecule has 0 aliphatic rings. The van der Waals surface area contributed by atoms with E-state index in [0.717, 1.165) is 0 Å². The van der Waals surface area contributed by atoms with E-state index in [1.807, 2.05) is 6.07 Å². The normalized spacial score (nSPS) is 10.1. The van der Waals surface area contributed by atoms with Crippen LogP contribution in [0.5, 0.6) is 0 Å². The molecule has 2 heterocycles. The summed E-state index contributed by atoms with van der Waals surface area (Å²) in [5.41, 5.74) is 0.424. The Labute approximate surface area is 98.7 Å². The molecule has 0 saturated heterocycles. The first kappa shape index (κ1) is 10.7. The molecule has 0 atom stereocenters. The fraction of sp³-hybridized carbons (Fsp3) is 0.111. The summed E-state index contributed by atoms with van der Waals surface area (Å²) in [6.07, 6.45) is 2.95. The van der Waals surface area contributed by atoms with E-state index in [9.17, 15) is 4.39 Å². The van der Waals surface area contributed by atoms with Crippen LogP contribution in [0.1, 0.15) is 0 Å². The zero-order valence-electron chi connectivity index (χ0n) is 7.93. The molecule has 0 spiro atoms. The lowest BCUT2D eigenvalue weighted by atomic mass is 10.3. The average molecular weight is 282 g/mol. The van der Waals surface area contributed by atoms with E-state index in [1.54, 1.807) is 0 Å². The van der Waals surface area contributed by atoms with Crippen molar-refractivity contribution in [2.45, 2.75) is 6.54 Å². The van der Waals surface area contributed by atoms with Gasteiger partial charge in [0.25, 0.3) is 0 Å². The Bertz CT molecular complexity index is 559. The summed E-state index contributed by atoms with van der Waals surface area (Å²) in [5, 5.41) is 15.9. The van der Waals surface area contributed by atoms with E-state index in [0.29, 0.717) is 10.2 Å². The standard InChI is InChI=1S/C9H5BrFN5/c10-6-3-7(11)9(13-4-6)8-5-16(2-1-12)15-14-8/h3-5H,2H2. The van der Waals surface area contributed by atoms with Crippen LogP contribution in [0.15, 0.2) is 22.9 Å². The summed E-state index contributed by atoms with van der Waals surface area (Å²) in [4.78, 5) is 3.90. The summed E-state index contributed by atoms with van der Waals surface area (Å²) in [7, 11) is 0. The second kappa shape index (κ2) is 4.37. The third kappa shape index (κ3) is 2.06. The van der Waals surface area contributed by atoms with Gasteiger partial charge in [0.2, 0.25) is 0 Å². The fourth-order valence-electron chi connectivity index (χ4n) is 1.16. The van der Waals surface area contributed by atoms with Crippen LogP contribution in [-0.2, 0) is 6.54 Å². The van der Waals surface area contributed by atoms with Gasteiger partial charge in [-0.25, -0.2) is 9.07 Å². The summed E-state index contributed by atoms with van der Waals surface area (Å²) in [6.45, 7) is 0.0746. The van der Waals surface area contributed by atoms with E-state index in [4.69, 9.17) is 5.26 Å². The van der Waals surface area contributed by atoms with Crippen molar-refractivity contribution in [3.05, 3.63) is 28.7 Å². The third-order valence-electron chi connectivity index (χ3n) is 1.82. The van der Waals surface area contributed by atoms with Crippen molar-refractivity contribution in [2.75, 3.05) is 0 Å². The van der Waals surface area contributed by atoms with Crippen molar-refractivity contribution in [2.24, 2.45) is 0 Å². The largest absolute Gasteiger partial charge is 0.250 e. The van der Waals surface area contributed by atoms with E-state index >= 15 is 0 Å². The summed E-state index contributed by atoms with van der Waals surface area (Å²) < 4.78 is 15.4. The molecule has 2 aromatic rings. The molecular weight excluding hydrogens is 277 g/mol. The lowest BCUT2D eigenvalue weighted by Gasteiger charge is -1.97. The zero-order valence-corrected chi connectivity index (χ0v) is 9.52. The molecule has 0 aliphatic heterocycles. The Morgan fingerprint density at radius 1 is 1.56 bits per heavy atom. The highest BCUT2D eigenvalue weighted by molar-refractivity contribution is 9.10. The number of nitrogens with zero attached hydrogens (tertiary/aromatic N) is 5. The first-order chi connectivity index (χ1) is 7.70. The highest BCUT2D eigenvalue weighted by Crippen LogP contribution is 2.20. The number of aromatic nitrogens is 4. The maximum Gasteiger partial charge on any atom is 0.152 e. The first-order valence-electron chi connectivity index (χ1n) is 4.29. The number of pyridine rings is 1. The van der Waals surface area contributed by atoms with E-state index in [-0.39, 0.29) is 12.2 Å². The quantitative estimate of drug-likeness (QED) is 0.841. The van der Waals surface area contributed by atoms with E-state index in [2.05, 4.69) is 31.2 Å². The molecule has 0 saturated carbocycles. The molecule has 0 bridgehead atoms. The Kier molecular flexibility index (Phi) is 2.92. The van der Waals surface area contributed by atoms with Crippen LogP contribution in [0.2, 0.25) is 0 Å². The van der Waals surface area contributed by atoms with Gasteiger partial charge in [-0.15, -0.1) is 5.10 Å². The van der Waals surface area contributed by atoms with Gasteiger partial charge in [0.05, 0.1) is 12.3 Å². The van der Waals surface area contributed by atoms with Crippen molar-refractivity contribution in [3.63, 3.8) is 0 Å². The lowest BCUT2D eigenvalue weighted by molar-refractivity contribution is 0.623. The minimum atomic E-state index is -0.488. The molecule has 0 aromatic carbocycles. The second-order valence-electron chi connectivity index (χ2n) is 2.94. The molecule has 7 heteroatoms. The lowest BCUT2D eigenvalue weighted by Crippen LogP contribution is -1.95. The van der Waals surface area contributed by atoms with Crippen molar-refractivity contribution in [1.82, 2.24) is 20.0 Å². The third-order valence-corrected chi connectivity index (χ3v) is 2.26. The smallest absolute Gasteiger partial charge is 0.152 e. The van der Waals surface area contributed by atoms with Crippen LogP contribution < -0.4 is 0 Å². The molecule has 16 heavy (non-hydrogen) atoms. The van der Waals surface area contributed by atoms with Crippen LogP contribution in [0.4, 0.5) is 4.39 Å². The highest BCUT2D eigenvalue weighted by atomic mass is 79.9. The predicted molar refractivity (Wildman–Crippen MR) is 56.5 cm³/mol. The van der Waals surface area contributed by atoms with Crippen molar-refractivity contribution >= 4 is 15.9 Å².